The van der Waals surface area contributed by atoms with Crippen LogP contribution in [0.5, 0.6) is 0 Å². The standard InChI is InChI=1S/C11H18N2OS/c1-3-9(7-12)11(14)13-8(2)10-5-4-6-15-10/h4-6,8-9H,3,7,12H2,1-2H3,(H,13,14)/t8-,9?/m0/s1. The van der Waals surface area contributed by atoms with Crippen LogP contribution in [-0.2, 0) is 4.79 Å². The van der Waals surface area contributed by atoms with Gasteiger partial charge in [0.15, 0.2) is 0 Å². The first-order chi connectivity index (χ1) is 7.19. The molecular weight excluding hydrogens is 208 g/mol. The predicted molar refractivity (Wildman–Crippen MR) is 63.7 cm³/mol. The minimum absolute atomic E-state index is 0.0564. The third kappa shape index (κ3) is 3.32. The lowest BCUT2D eigenvalue weighted by Crippen LogP contribution is -2.35. The molecule has 0 aliphatic heterocycles. The van der Waals surface area contributed by atoms with Crippen LogP contribution in [0.2, 0.25) is 0 Å². The Bertz CT molecular complexity index is 294. The van der Waals surface area contributed by atoms with Crippen LogP contribution >= 0.6 is 11.3 Å². The highest BCUT2D eigenvalue weighted by atomic mass is 32.1. The fourth-order valence-corrected chi connectivity index (χ4v) is 2.13. The van der Waals surface area contributed by atoms with Crippen molar-refractivity contribution < 1.29 is 4.79 Å². The van der Waals surface area contributed by atoms with Gasteiger partial charge in [0.2, 0.25) is 5.91 Å². The molecule has 3 N–H and O–H groups in total. The number of thiophene rings is 1. The van der Waals surface area contributed by atoms with E-state index in [9.17, 15) is 4.79 Å². The summed E-state index contributed by atoms with van der Waals surface area (Å²) >= 11 is 1.65. The normalized spacial score (nSPS) is 14.6. The molecule has 1 aromatic heterocycles. The fourth-order valence-electron chi connectivity index (χ4n) is 1.40. The summed E-state index contributed by atoms with van der Waals surface area (Å²) in [5.41, 5.74) is 5.52. The molecule has 0 aromatic carbocycles. The number of hydrogen-bond acceptors (Lipinski definition) is 3. The molecule has 3 nitrogen and oxygen atoms in total. The molecule has 0 radical (unpaired) electrons. The SMILES string of the molecule is CCC(CN)C(=O)N[C@@H](C)c1cccs1. The van der Waals surface area contributed by atoms with Gasteiger partial charge in [-0.2, -0.15) is 0 Å². The number of amides is 1. The van der Waals surface area contributed by atoms with E-state index in [1.165, 1.54) is 4.88 Å². The summed E-state index contributed by atoms with van der Waals surface area (Å²) in [6, 6.07) is 4.10. The Morgan fingerprint density at radius 2 is 2.40 bits per heavy atom. The highest BCUT2D eigenvalue weighted by Crippen LogP contribution is 2.18. The molecule has 0 spiro atoms. The maximum atomic E-state index is 11.7. The van der Waals surface area contributed by atoms with Crippen LogP contribution in [0.3, 0.4) is 0 Å². The van der Waals surface area contributed by atoms with Crippen LogP contribution in [0.15, 0.2) is 17.5 Å². The van der Waals surface area contributed by atoms with E-state index in [2.05, 4.69) is 5.32 Å². The largest absolute Gasteiger partial charge is 0.348 e. The summed E-state index contributed by atoms with van der Waals surface area (Å²) in [5, 5.41) is 4.99. The van der Waals surface area contributed by atoms with Gasteiger partial charge in [0.25, 0.3) is 0 Å². The van der Waals surface area contributed by atoms with Crippen molar-refractivity contribution in [3.05, 3.63) is 22.4 Å². The average Bonchev–Trinajstić information content (AvgIpc) is 2.72. The highest BCUT2D eigenvalue weighted by molar-refractivity contribution is 7.10. The van der Waals surface area contributed by atoms with Crippen molar-refractivity contribution >= 4 is 17.2 Å². The van der Waals surface area contributed by atoms with Crippen molar-refractivity contribution in [3.63, 3.8) is 0 Å². The Morgan fingerprint density at radius 3 is 2.87 bits per heavy atom. The summed E-state index contributed by atoms with van der Waals surface area (Å²) < 4.78 is 0. The molecule has 1 unspecified atom stereocenters. The molecule has 0 bridgehead atoms. The summed E-state index contributed by atoms with van der Waals surface area (Å²) in [6.07, 6.45) is 0.791. The van der Waals surface area contributed by atoms with Gasteiger partial charge in [0.05, 0.1) is 6.04 Å². The lowest BCUT2D eigenvalue weighted by atomic mass is 10.1. The second-order valence-corrected chi connectivity index (χ2v) is 4.57. The first kappa shape index (κ1) is 12.2. The van der Waals surface area contributed by atoms with E-state index >= 15 is 0 Å². The maximum Gasteiger partial charge on any atom is 0.224 e. The molecule has 2 atom stereocenters. The van der Waals surface area contributed by atoms with E-state index in [-0.39, 0.29) is 17.9 Å². The molecule has 15 heavy (non-hydrogen) atoms. The zero-order valence-electron chi connectivity index (χ0n) is 9.19. The van der Waals surface area contributed by atoms with E-state index in [4.69, 9.17) is 5.73 Å². The van der Waals surface area contributed by atoms with Crippen molar-refractivity contribution in [2.75, 3.05) is 6.54 Å². The number of nitrogens with two attached hydrogens (primary N) is 1. The van der Waals surface area contributed by atoms with E-state index in [1.807, 2.05) is 31.4 Å². The number of carbonyl (C=O) groups is 1. The Hall–Kier alpha value is -0.870. The van der Waals surface area contributed by atoms with Crippen LogP contribution in [0.1, 0.15) is 31.2 Å². The number of rotatable bonds is 5. The topological polar surface area (TPSA) is 55.1 Å². The molecule has 1 heterocycles. The first-order valence-corrected chi connectivity index (χ1v) is 6.10. The minimum atomic E-state index is -0.0626. The molecule has 0 aliphatic rings. The van der Waals surface area contributed by atoms with Crippen molar-refractivity contribution in [1.82, 2.24) is 5.32 Å². The zero-order chi connectivity index (χ0) is 11.3. The van der Waals surface area contributed by atoms with Gasteiger partial charge in [-0.15, -0.1) is 11.3 Å². The van der Waals surface area contributed by atoms with Gasteiger partial charge in [-0.3, -0.25) is 4.79 Å². The van der Waals surface area contributed by atoms with Crippen LogP contribution < -0.4 is 11.1 Å². The van der Waals surface area contributed by atoms with Crippen LogP contribution in [0.25, 0.3) is 0 Å². The lowest BCUT2D eigenvalue weighted by Gasteiger charge is -2.17. The Morgan fingerprint density at radius 1 is 1.67 bits per heavy atom. The third-order valence-electron chi connectivity index (χ3n) is 2.48. The molecule has 84 valence electrons. The van der Waals surface area contributed by atoms with E-state index in [0.29, 0.717) is 6.54 Å². The summed E-state index contributed by atoms with van der Waals surface area (Å²) in [4.78, 5) is 12.9. The van der Waals surface area contributed by atoms with Gasteiger partial charge >= 0.3 is 0 Å². The van der Waals surface area contributed by atoms with Crippen LogP contribution in [0, 0.1) is 5.92 Å². The highest BCUT2D eigenvalue weighted by Gasteiger charge is 2.17. The quantitative estimate of drug-likeness (QED) is 0.806. The Labute approximate surface area is 94.7 Å². The molecule has 1 aromatic rings. The minimum Gasteiger partial charge on any atom is -0.348 e. The van der Waals surface area contributed by atoms with Gasteiger partial charge < -0.3 is 11.1 Å². The Balaban J connectivity index is 2.51. The van der Waals surface area contributed by atoms with Crippen molar-refractivity contribution in [1.29, 1.82) is 0 Å². The smallest absolute Gasteiger partial charge is 0.224 e. The molecule has 0 fully saturated rings. The predicted octanol–water partition coefficient (Wildman–Crippen LogP) is 1.91. The fraction of sp³-hybridized carbons (Fsp3) is 0.545. The second-order valence-electron chi connectivity index (χ2n) is 3.59. The summed E-state index contributed by atoms with van der Waals surface area (Å²) in [6.45, 7) is 4.39. The number of hydrogen-bond donors (Lipinski definition) is 2. The maximum absolute atomic E-state index is 11.7. The second kappa shape index (κ2) is 5.88. The Kier molecular flexibility index (Phi) is 4.78. The van der Waals surface area contributed by atoms with Crippen LogP contribution in [0.4, 0.5) is 0 Å². The molecule has 0 saturated heterocycles. The summed E-state index contributed by atoms with van der Waals surface area (Å²) in [5.74, 6) is -0.00619. The van der Waals surface area contributed by atoms with E-state index < -0.39 is 0 Å². The third-order valence-corrected chi connectivity index (χ3v) is 3.53. The van der Waals surface area contributed by atoms with E-state index in [1.54, 1.807) is 11.3 Å². The molecular formula is C11H18N2OS. The lowest BCUT2D eigenvalue weighted by molar-refractivity contribution is -0.125. The van der Waals surface area contributed by atoms with Gasteiger partial charge in [-0.25, -0.2) is 0 Å². The number of nitrogens with one attached hydrogen (secondary N) is 1. The van der Waals surface area contributed by atoms with Gasteiger partial charge in [-0.05, 0) is 24.8 Å². The molecule has 1 amide bonds. The van der Waals surface area contributed by atoms with Crippen molar-refractivity contribution in [2.24, 2.45) is 11.7 Å². The summed E-state index contributed by atoms with van der Waals surface area (Å²) in [7, 11) is 0. The number of carbonyl (C=O) groups excluding carboxylic acids is 1. The molecule has 0 aliphatic carbocycles. The molecule has 1 rings (SSSR count). The van der Waals surface area contributed by atoms with Gasteiger partial charge in [-0.1, -0.05) is 13.0 Å². The monoisotopic (exact) mass is 226 g/mol. The first-order valence-electron chi connectivity index (χ1n) is 5.22. The van der Waals surface area contributed by atoms with Crippen molar-refractivity contribution in [3.8, 4) is 0 Å². The van der Waals surface area contributed by atoms with Gasteiger partial charge in [0, 0.05) is 17.3 Å². The molecule has 0 saturated carbocycles. The van der Waals surface area contributed by atoms with Crippen LogP contribution in [-0.4, -0.2) is 12.5 Å². The zero-order valence-corrected chi connectivity index (χ0v) is 10.0. The van der Waals surface area contributed by atoms with Gasteiger partial charge in [0.1, 0.15) is 0 Å². The van der Waals surface area contributed by atoms with Crippen molar-refractivity contribution in [2.45, 2.75) is 26.3 Å². The van der Waals surface area contributed by atoms with E-state index in [0.717, 1.165) is 6.42 Å². The molecule has 4 heteroatoms. The average molecular weight is 226 g/mol.